The minimum absolute atomic E-state index is 0.115. The van der Waals surface area contributed by atoms with Gasteiger partial charge in [-0.05, 0) is 42.8 Å². The van der Waals surface area contributed by atoms with Gasteiger partial charge >= 0.3 is 6.18 Å². The molecule has 2 aromatic carbocycles. The molecule has 0 aliphatic carbocycles. The number of alkyl halides is 3. The molecule has 0 aliphatic heterocycles. The summed E-state index contributed by atoms with van der Waals surface area (Å²) in [6.45, 7) is 1.55. The van der Waals surface area contributed by atoms with E-state index in [1.54, 1.807) is 6.92 Å². The zero-order chi connectivity index (χ0) is 18.4. The number of fused-ring (bicyclic) bond motifs is 1. The number of hydrogen-bond donors (Lipinski definition) is 0. The molecule has 0 radical (unpaired) electrons. The van der Waals surface area contributed by atoms with Gasteiger partial charge in [0.15, 0.2) is 0 Å². The Bertz CT molecular complexity index is 1080. The summed E-state index contributed by atoms with van der Waals surface area (Å²) < 4.78 is 61.3. The lowest BCUT2D eigenvalue weighted by Crippen LogP contribution is -2.05. The van der Waals surface area contributed by atoms with Crippen LogP contribution >= 0.6 is 10.7 Å². The maximum absolute atomic E-state index is 12.8. The van der Waals surface area contributed by atoms with Crippen LogP contribution < -0.4 is 0 Å². The monoisotopic (exact) mass is 386 g/mol. The number of hydrogen-bond acceptors (Lipinski definition) is 4. The molecule has 0 saturated carbocycles. The van der Waals surface area contributed by atoms with Crippen LogP contribution in [0.15, 0.2) is 47.6 Å². The van der Waals surface area contributed by atoms with E-state index in [0.717, 1.165) is 12.1 Å². The minimum atomic E-state index is -4.43. The predicted molar refractivity (Wildman–Crippen MR) is 87.8 cm³/mol. The Hall–Kier alpha value is -2.19. The minimum Gasteiger partial charge on any atom is -0.236 e. The number of nitrogens with zero attached hydrogens (tertiary/aromatic N) is 2. The van der Waals surface area contributed by atoms with Crippen molar-refractivity contribution in [2.75, 3.05) is 0 Å². The molecule has 25 heavy (non-hydrogen) atoms. The third-order valence-electron chi connectivity index (χ3n) is 3.70. The molecule has 0 bridgehead atoms. The van der Waals surface area contributed by atoms with Crippen molar-refractivity contribution in [2.45, 2.75) is 18.0 Å². The molecular weight excluding hydrogens is 377 g/mol. The van der Waals surface area contributed by atoms with Crippen molar-refractivity contribution in [1.82, 2.24) is 9.97 Å². The van der Waals surface area contributed by atoms with Crippen molar-refractivity contribution in [3.05, 3.63) is 53.9 Å². The molecule has 130 valence electrons. The lowest BCUT2D eigenvalue weighted by atomic mass is 9.99. The van der Waals surface area contributed by atoms with Gasteiger partial charge in [-0.1, -0.05) is 6.07 Å². The summed E-state index contributed by atoms with van der Waals surface area (Å²) in [7, 11) is 1.41. The Kier molecular flexibility index (Phi) is 4.20. The molecule has 3 rings (SSSR count). The van der Waals surface area contributed by atoms with Gasteiger partial charge in [0, 0.05) is 21.6 Å². The zero-order valence-electron chi connectivity index (χ0n) is 12.7. The van der Waals surface area contributed by atoms with Crippen LogP contribution in [0.3, 0.4) is 0 Å². The molecule has 3 aromatic rings. The Morgan fingerprint density at radius 1 is 1.04 bits per heavy atom. The Morgan fingerprint density at radius 2 is 1.76 bits per heavy atom. The molecule has 0 N–H and O–H groups in total. The molecule has 0 unspecified atom stereocenters. The largest absolute Gasteiger partial charge is 0.416 e. The number of halogens is 4. The highest BCUT2D eigenvalue weighted by Gasteiger charge is 2.30. The van der Waals surface area contributed by atoms with E-state index in [2.05, 4.69) is 9.97 Å². The highest BCUT2D eigenvalue weighted by atomic mass is 35.7. The van der Waals surface area contributed by atoms with Crippen molar-refractivity contribution in [3.63, 3.8) is 0 Å². The number of benzene rings is 2. The SMILES string of the molecule is Cc1cc(C(F)(F)F)ccc1-c1ncnc2cc(S(=O)(=O)Cl)ccc12. The van der Waals surface area contributed by atoms with E-state index < -0.39 is 20.8 Å². The lowest BCUT2D eigenvalue weighted by Gasteiger charge is -2.12. The van der Waals surface area contributed by atoms with E-state index in [0.29, 0.717) is 27.7 Å². The molecular formula is C16H10ClF3N2O2S. The first-order valence-electron chi connectivity index (χ1n) is 6.95. The van der Waals surface area contributed by atoms with Gasteiger partial charge < -0.3 is 0 Å². The summed E-state index contributed by atoms with van der Waals surface area (Å²) in [6.07, 6.45) is -3.21. The second-order valence-electron chi connectivity index (χ2n) is 5.37. The summed E-state index contributed by atoms with van der Waals surface area (Å²) in [4.78, 5) is 8.05. The fraction of sp³-hybridized carbons (Fsp3) is 0.125. The molecule has 4 nitrogen and oxygen atoms in total. The average molecular weight is 387 g/mol. The molecule has 9 heteroatoms. The van der Waals surface area contributed by atoms with E-state index in [4.69, 9.17) is 10.7 Å². The van der Waals surface area contributed by atoms with Crippen LogP contribution in [0.25, 0.3) is 22.2 Å². The van der Waals surface area contributed by atoms with Crippen LogP contribution in [0, 0.1) is 6.92 Å². The van der Waals surface area contributed by atoms with Crippen LogP contribution in [0.2, 0.25) is 0 Å². The van der Waals surface area contributed by atoms with E-state index in [1.165, 1.54) is 30.6 Å². The van der Waals surface area contributed by atoms with Gasteiger partial charge in [-0.15, -0.1) is 0 Å². The molecule has 0 saturated heterocycles. The molecule has 1 aromatic heterocycles. The zero-order valence-corrected chi connectivity index (χ0v) is 14.2. The van der Waals surface area contributed by atoms with Gasteiger partial charge in [-0.2, -0.15) is 13.2 Å². The van der Waals surface area contributed by atoms with Gasteiger partial charge in [0.05, 0.1) is 21.7 Å². The standard InChI is InChI=1S/C16H10ClF3N2O2S/c1-9-6-10(16(18,19)20)2-4-12(9)15-13-5-3-11(25(17,23)24)7-14(13)21-8-22-15/h2-8H,1H3. The quantitative estimate of drug-likeness (QED) is 0.606. The second kappa shape index (κ2) is 5.96. The van der Waals surface area contributed by atoms with E-state index in [1.807, 2.05) is 0 Å². The smallest absolute Gasteiger partial charge is 0.236 e. The highest BCUT2D eigenvalue weighted by molar-refractivity contribution is 8.13. The summed E-state index contributed by atoms with van der Waals surface area (Å²) in [5.41, 5.74) is 0.883. The van der Waals surface area contributed by atoms with E-state index in [-0.39, 0.29) is 4.90 Å². The number of rotatable bonds is 2. The molecule has 0 fully saturated rings. The normalized spacial score (nSPS) is 12.5. The van der Waals surface area contributed by atoms with Crippen LogP contribution in [0.1, 0.15) is 11.1 Å². The molecule has 0 amide bonds. The fourth-order valence-electron chi connectivity index (χ4n) is 2.51. The van der Waals surface area contributed by atoms with Crippen molar-refractivity contribution >= 4 is 30.6 Å². The van der Waals surface area contributed by atoms with E-state index in [9.17, 15) is 21.6 Å². The first kappa shape index (κ1) is 17.6. The Balaban J connectivity index is 2.20. The van der Waals surface area contributed by atoms with E-state index >= 15 is 0 Å². The molecule has 1 heterocycles. The van der Waals surface area contributed by atoms with Crippen molar-refractivity contribution in [2.24, 2.45) is 0 Å². The maximum Gasteiger partial charge on any atom is 0.416 e. The van der Waals surface area contributed by atoms with Crippen LogP contribution in [0.4, 0.5) is 13.2 Å². The second-order valence-corrected chi connectivity index (χ2v) is 7.93. The number of aromatic nitrogens is 2. The molecule has 0 aliphatic rings. The summed E-state index contributed by atoms with van der Waals surface area (Å²) in [5, 5.41) is 0.509. The van der Waals surface area contributed by atoms with Gasteiger partial charge in [0.2, 0.25) is 0 Å². The third-order valence-corrected chi connectivity index (χ3v) is 5.05. The molecule has 0 atom stereocenters. The van der Waals surface area contributed by atoms with Gasteiger partial charge in [-0.25, -0.2) is 18.4 Å². The van der Waals surface area contributed by atoms with Gasteiger partial charge in [-0.3, -0.25) is 0 Å². The maximum atomic E-state index is 12.8. The third kappa shape index (κ3) is 3.45. The summed E-state index contributed by atoms with van der Waals surface area (Å²) in [5.74, 6) is 0. The van der Waals surface area contributed by atoms with Crippen molar-refractivity contribution in [1.29, 1.82) is 0 Å². The first-order chi connectivity index (χ1) is 11.6. The average Bonchev–Trinajstić information content (AvgIpc) is 2.52. The summed E-state index contributed by atoms with van der Waals surface area (Å²) in [6, 6.07) is 7.44. The Morgan fingerprint density at radius 3 is 2.36 bits per heavy atom. The van der Waals surface area contributed by atoms with Gasteiger partial charge in [0.25, 0.3) is 9.05 Å². The van der Waals surface area contributed by atoms with Gasteiger partial charge in [0.1, 0.15) is 6.33 Å². The lowest BCUT2D eigenvalue weighted by molar-refractivity contribution is -0.137. The summed E-state index contributed by atoms with van der Waals surface area (Å²) >= 11 is 0. The van der Waals surface area contributed by atoms with Crippen LogP contribution in [-0.4, -0.2) is 18.4 Å². The van der Waals surface area contributed by atoms with Crippen molar-refractivity contribution < 1.29 is 21.6 Å². The van der Waals surface area contributed by atoms with Crippen LogP contribution in [-0.2, 0) is 15.2 Å². The Labute approximate surface area is 145 Å². The first-order valence-corrected chi connectivity index (χ1v) is 9.26. The van der Waals surface area contributed by atoms with Crippen molar-refractivity contribution in [3.8, 4) is 11.3 Å². The fourth-order valence-corrected chi connectivity index (χ4v) is 3.28. The number of aryl methyl sites for hydroxylation is 1. The highest BCUT2D eigenvalue weighted by Crippen LogP contribution is 2.34. The topological polar surface area (TPSA) is 59.9 Å². The van der Waals surface area contributed by atoms with Crippen LogP contribution in [0.5, 0.6) is 0 Å². The predicted octanol–water partition coefficient (Wildman–Crippen LogP) is 4.55. The molecule has 0 spiro atoms.